The molecule has 0 radical (unpaired) electrons. The molecule has 4 rings (SSSR count). The zero-order chi connectivity index (χ0) is 19.7. The fraction of sp³-hybridized carbons (Fsp3) is 0.136. The van der Waals surface area contributed by atoms with E-state index in [9.17, 15) is 14.8 Å². The van der Waals surface area contributed by atoms with Gasteiger partial charge in [0, 0.05) is 17.5 Å². The van der Waals surface area contributed by atoms with Crippen molar-refractivity contribution in [1.29, 1.82) is 0 Å². The number of pyridine rings is 1. The maximum absolute atomic E-state index is 11.9. The van der Waals surface area contributed by atoms with E-state index in [1.165, 1.54) is 23.4 Å². The van der Waals surface area contributed by atoms with Crippen LogP contribution in [0.1, 0.15) is 29.8 Å². The SMILES string of the molecule is CC(N=O)c1cc(=O)c(O)cn1-c1cccc(-c2cccc3c2CSC=C3)c1. The van der Waals surface area contributed by atoms with Gasteiger partial charge in [0.2, 0.25) is 5.43 Å². The predicted octanol–water partition coefficient (Wildman–Crippen LogP) is 5.26. The van der Waals surface area contributed by atoms with Gasteiger partial charge in [-0.3, -0.25) is 4.79 Å². The Labute approximate surface area is 166 Å². The molecule has 0 saturated carbocycles. The van der Waals surface area contributed by atoms with Crippen molar-refractivity contribution in [2.45, 2.75) is 18.7 Å². The first-order chi connectivity index (χ1) is 13.6. The lowest BCUT2D eigenvalue weighted by atomic mass is 9.96. The molecule has 6 heteroatoms. The van der Waals surface area contributed by atoms with E-state index < -0.39 is 11.5 Å². The highest BCUT2D eigenvalue weighted by Gasteiger charge is 2.16. The standard InChI is InChI=1S/C22H18N2O3S/c1-14(23-27)20-11-21(25)22(26)12-24(20)17-6-2-5-16(10-17)18-7-3-4-15-8-9-28-13-19(15)18/h2-12,14,26H,13H2,1H3. The lowest BCUT2D eigenvalue weighted by molar-refractivity contribution is 0.463. The fourth-order valence-electron chi connectivity index (χ4n) is 3.41. The Balaban J connectivity index is 1.88. The minimum Gasteiger partial charge on any atom is -0.503 e. The highest BCUT2D eigenvalue weighted by molar-refractivity contribution is 8.01. The summed E-state index contributed by atoms with van der Waals surface area (Å²) in [6.45, 7) is 1.62. The number of aromatic hydroxyl groups is 1. The van der Waals surface area contributed by atoms with Gasteiger partial charge in [-0.25, -0.2) is 0 Å². The molecule has 1 N–H and O–H groups in total. The van der Waals surface area contributed by atoms with Crippen molar-refractivity contribution in [2.24, 2.45) is 5.18 Å². The van der Waals surface area contributed by atoms with Crippen LogP contribution in [-0.2, 0) is 5.75 Å². The molecule has 1 aliphatic rings. The summed E-state index contributed by atoms with van der Waals surface area (Å²) in [7, 11) is 0. The topological polar surface area (TPSA) is 71.7 Å². The van der Waals surface area contributed by atoms with Crippen LogP contribution in [0.15, 0.2) is 70.1 Å². The summed E-state index contributed by atoms with van der Waals surface area (Å²) in [6.07, 6.45) is 3.46. The molecule has 0 amide bonds. The van der Waals surface area contributed by atoms with Gasteiger partial charge in [0.15, 0.2) is 5.75 Å². The minimum absolute atomic E-state index is 0.370. The first-order valence-corrected chi connectivity index (χ1v) is 9.92. The van der Waals surface area contributed by atoms with E-state index in [0.29, 0.717) is 5.69 Å². The first-order valence-electron chi connectivity index (χ1n) is 8.87. The number of rotatable bonds is 4. The first kappa shape index (κ1) is 18.3. The fourth-order valence-corrected chi connectivity index (χ4v) is 4.23. The second-order valence-corrected chi connectivity index (χ2v) is 7.53. The van der Waals surface area contributed by atoms with Crippen LogP contribution in [0.4, 0.5) is 0 Å². The highest BCUT2D eigenvalue weighted by atomic mass is 32.2. The molecular weight excluding hydrogens is 372 g/mol. The van der Waals surface area contributed by atoms with Crippen molar-refractivity contribution in [3.05, 3.63) is 92.1 Å². The summed E-state index contributed by atoms with van der Waals surface area (Å²) in [5, 5.41) is 15.1. The smallest absolute Gasteiger partial charge is 0.223 e. The van der Waals surface area contributed by atoms with Gasteiger partial charge in [0.25, 0.3) is 0 Å². The molecule has 0 fully saturated rings. The summed E-state index contributed by atoms with van der Waals surface area (Å²) in [5.41, 5.74) is 5.31. The Hall–Kier alpha value is -3.12. The molecular formula is C22H18N2O3S. The third-order valence-corrected chi connectivity index (χ3v) is 5.65. The van der Waals surface area contributed by atoms with Gasteiger partial charge < -0.3 is 9.67 Å². The molecule has 0 spiro atoms. The Morgan fingerprint density at radius 3 is 2.82 bits per heavy atom. The van der Waals surface area contributed by atoms with Crippen LogP contribution < -0.4 is 5.43 Å². The summed E-state index contributed by atoms with van der Waals surface area (Å²) >= 11 is 1.76. The van der Waals surface area contributed by atoms with Crippen LogP contribution in [0.2, 0.25) is 0 Å². The molecule has 1 aliphatic heterocycles. The van der Waals surface area contributed by atoms with Gasteiger partial charge in [0.1, 0.15) is 6.04 Å². The molecule has 0 aliphatic carbocycles. The molecule has 1 atom stereocenters. The van der Waals surface area contributed by atoms with Gasteiger partial charge in [-0.1, -0.05) is 35.5 Å². The van der Waals surface area contributed by atoms with E-state index >= 15 is 0 Å². The van der Waals surface area contributed by atoms with E-state index in [0.717, 1.165) is 22.6 Å². The van der Waals surface area contributed by atoms with Crippen molar-refractivity contribution in [3.63, 3.8) is 0 Å². The van der Waals surface area contributed by atoms with E-state index in [2.05, 4.69) is 28.8 Å². The summed E-state index contributed by atoms with van der Waals surface area (Å²) < 4.78 is 1.65. The highest BCUT2D eigenvalue weighted by Crippen LogP contribution is 2.35. The molecule has 140 valence electrons. The number of hydrogen-bond acceptors (Lipinski definition) is 5. The van der Waals surface area contributed by atoms with E-state index in [1.54, 1.807) is 23.3 Å². The number of thioether (sulfide) groups is 1. The second-order valence-electron chi connectivity index (χ2n) is 6.64. The third-order valence-electron chi connectivity index (χ3n) is 4.87. The summed E-state index contributed by atoms with van der Waals surface area (Å²) in [6, 6.07) is 14.6. The summed E-state index contributed by atoms with van der Waals surface area (Å²) in [4.78, 5) is 23.0. The Morgan fingerprint density at radius 2 is 2.00 bits per heavy atom. The maximum atomic E-state index is 11.9. The van der Waals surface area contributed by atoms with Crippen LogP contribution in [-0.4, -0.2) is 9.67 Å². The van der Waals surface area contributed by atoms with Crippen molar-refractivity contribution in [1.82, 2.24) is 4.57 Å². The molecule has 2 heterocycles. The molecule has 0 saturated heterocycles. The number of hydrogen-bond donors (Lipinski definition) is 1. The van der Waals surface area contributed by atoms with Crippen LogP contribution in [0, 0.1) is 4.91 Å². The number of fused-ring (bicyclic) bond motifs is 1. The van der Waals surface area contributed by atoms with Gasteiger partial charge >= 0.3 is 0 Å². The average Bonchev–Trinajstić information content (AvgIpc) is 2.74. The largest absolute Gasteiger partial charge is 0.503 e. The third kappa shape index (κ3) is 3.27. The Kier molecular flexibility index (Phi) is 4.88. The van der Waals surface area contributed by atoms with Crippen molar-refractivity contribution >= 4 is 17.8 Å². The average molecular weight is 390 g/mol. The van der Waals surface area contributed by atoms with Gasteiger partial charge in [0.05, 0.1) is 11.9 Å². The zero-order valence-corrected chi connectivity index (χ0v) is 16.0. The van der Waals surface area contributed by atoms with Crippen molar-refractivity contribution in [2.75, 3.05) is 0 Å². The number of benzene rings is 2. The summed E-state index contributed by atoms with van der Waals surface area (Å²) in [5.74, 6) is 0.536. The van der Waals surface area contributed by atoms with Gasteiger partial charge in [-0.2, -0.15) is 4.91 Å². The molecule has 0 bridgehead atoms. The Morgan fingerprint density at radius 1 is 1.18 bits per heavy atom. The predicted molar refractivity (Wildman–Crippen MR) is 114 cm³/mol. The Bertz CT molecular complexity index is 1150. The number of nitroso groups, excluding NO2 is 1. The van der Waals surface area contributed by atoms with Crippen LogP contribution in [0.3, 0.4) is 0 Å². The monoisotopic (exact) mass is 390 g/mol. The van der Waals surface area contributed by atoms with Crippen LogP contribution in [0.25, 0.3) is 22.9 Å². The molecule has 5 nitrogen and oxygen atoms in total. The normalized spacial score (nSPS) is 13.8. The lowest BCUT2D eigenvalue weighted by Gasteiger charge is -2.18. The second kappa shape index (κ2) is 7.48. The van der Waals surface area contributed by atoms with Gasteiger partial charge in [-0.05, 0) is 52.8 Å². The number of aromatic nitrogens is 1. The quantitative estimate of drug-likeness (QED) is 0.617. The maximum Gasteiger partial charge on any atom is 0.223 e. The van der Waals surface area contributed by atoms with E-state index in [4.69, 9.17) is 0 Å². The van der Waals surface area contributed by atoms with E-state index in [1.807, 2.05) is 30.3 Å². The van der Waals surface area contributed by atoms with E-state index in [-0.39, 0.29) is 5.75 Å². The molecule has 1 unspecified atom stereocenters. The lowest BCUT2D eigenvalue weighted by Crippen LogP contribution is -2.12. The van der Waals surface area contributed by atoms with Gasteiger partial charge in [-0.15, -0.1) is 11.8 Å². The van der Waals surface area contributed by atoms with Crippen LogP contribution >= 0.6 is 11.8 Å². The van der Waals surface area contributed by atoms with Crippen molar-refractivity contribution < 1.29 is 5.11 Å². The molecule has 1 aromatic heterocycles. The van der Waals surface area contributed by atoms with Crippen LogP contribution in [0.5, 0.6) is 5.75 Å². The molecule has 28 heavy (non-hydrogen) atoms. The molecule has 3 aromatic rings. The molecule has 2 aromatic carbocycles. The van der Waals surface area contributed by atoms with Crippen molar-refractivity contribution in [3.8, 4) is 22.6 Å². The number of nitrogens with zero attached hydrogens (tertiary/aromatic N) is 2. The zero-order valence-electron chi connectivity index (χ0n) is 15.2. The minimum atomic E-state index is -0.719.